The molecule has 0 heterocycles. The maximum absolute atomic E-state index is 6.31. The molecule has 0 aromatic heterocycles. The highest BCUT2D eigenvalue weighted by Crippen LogP contribution is 2.37. The third-order valence-corrected chi connectivity index (χ3v) is 5.17. The average Bonchev–Trinajstić information content (AvgIpc) is 2.77. The Morgan fingerprint density at radius 3 is 1.31 bits per heavy atom. The van der Waals surface area contributed by atoms with E-state index in [1.165, 1.54) is 0 Å². The Balaban J connectivity index is 1.52. The lowest BCUT2D eigenvalue weighted by atomic mass is 10.1. The van der Waals surface area contributed by atoms with Crippen LogP contribution in [0.3, 0.4) is 0 Å². The molecule has 0 saturated heterocycles. The van der Waals surface area contributed by atoms with Gasteiger partial charge in [0.25, 0.3) is 0 Å². The number of benzene rings is 5. The maximum Gasteiger partial charge on any atom is 0.135 e. The lowest BCUT2D eigenvalue weighted by Crippen LogP contribution is -1.93. The van der Waals surface area contributed by atoms with Crippen LogP contribution in [0.1, 0.15) is 5.56 Å². The first kappa shape index (κ1) is 17.3. The smallest absolute Gasteiger partial charge is 0.135 e. The van der Waals surface area contributed by atoms with E-state index in [0.29, 0.717) is 0 Å². The van der Waals surface area contributed by atoms with Gasteiger partial charge in [0.2, 0.25) is 0 Å². The molecule has 5 aromatic carbocycles. The third kappa shape index (κ3) is 3.30. The molecule has 0 N–H and O–H groups in total. The van der Waals surface area contributed by atoms with E-state index in [2.05, 4.69) is 36.4 Å². The van der Waals surface area contributed by atoms with Crippen LogP contribution in [0.5, 0.6) is 23.0 Å². The predicted molar refractivity (Wildman–Crippen MR) is 119 cm³/mol. The molecule has 5 rings (SSSR count). The lowest BCUT2D eigenvalue weighted by molar-refractivity contribution is 0.459. The molecule has 2 heteroatoms. The van der Waals surface area contributed by atoms with Crippen molar-refractivity contribution in [3.05, 3.63) is 109 Å². The van der Waals surface area contributed by atoms with Gasteiger partial charge in [0.05, 0.1) is 0 Å². The van der Waals surface area contributed by atoms with E-state index < -0.39 is 0 Å². The van der Waals surface area contributed by atoms with Crippen molar-refractivity contribution in [2.45, 2.75) is 6.92 Å². The molecule has 0 unspecified atom stereocenters. The van der Waals surface area contributed by atoms with Gasteiger partial charge in [0.15, 0.2) is 0 Å². The first-order valence-corrected chi connectivity index (χ1v) is 9.70. The molecule has 0 aliphatic carbocycles. The zero-order valence-corrected chi connectivity index (χ0v) is 16.1. The van der Waals surface area contributed by atoms with Crippen molar-refractivity contribution in [2.24, 2.45) is 0 Å². The first-order chi connectivity index (χ1) is 14.3. The molecular formula is C27H20O2. The summed E-state index contributed by atoms with van der Waals surface area (Å²) >= 11 is 0. The fourth-order valence-electron chi connectivity index (χ4n) is 3.62. The molecule has 0 radical (unpaired) electrons. The number of hydrogen-bond acceptors (Lipinski definition) is 2. The van der Waals surface area contributed by atoms with Crippen LogP contribution in [-0.4, -0.2) is 0 Å². The van der Waals surface area contributed by atoms with Crippen LogP contribution in [0, 0.1) is 6.92 Å². The van der Waals surface area contributed by atoms with Gasteiger partial charge in [-0.3, -0.25) is 0 Å². The lowest BCUT2D eigenvalue weighted by Gasteiger charge is -2.15. The van der Waals surface area contributed by atoms with Gasteiger partial charge in [-0.05, 0) is 42.0 Å². The van der Waals surface area contributed by atoms with Crippen molar-refractivity contribution < 1.29 is 9.47 Å². The Bertz CT molecular complexity index is 1210. The van der Waals surface area contributed by atoms with Gasteiger partial charge >= 0.3 is 0 Å². The normalized spacial score (nSPS) is 10.9. The van der Waals surface area contributed by atoms with Crippen molar-refractivity contribution in [1.29, 1.82) is 0 Å². The zero-order chi connectivity index (χ0) is 19.6. The van der Waals surface area contributed by atoms with Crippen LogP contribution < -0.4 is 9.47 Å². The second kappa shape index (κ2) is 7.33. The van der Waals surface area contributed by atoms with Crippen molar-refractivity contribution in [3.63, 3.8) is 0 Å². The number of fused-ring (bicyclic) bond motifs is 2. The van der Waals surface area contributed by atoms with Crippen molar-refractivity contribution >= 4 is 21.5 Å². The molecule has 0 spiro atoms. The highest BCUT2D eigenvalue weighted by Gasteiger charge is 2.11. The minimum Gasteiger partial charge on any atom is -0.456 e. The largest absolute Gasteiger partial charge is 0.456 e. The van der Waals surface area contributed by atoms with Gasteiger partial charge in [-0.2, -0.15) is 0 Å². The van der Waals surface area contributed by atoms with Crippen molar-refractivity contribution in [1.82, 2.24) is 0 Å². The van der Waals surface area contributed by atoms with Gasteiger partial charge in [0.1, 0.15) is 23.0 Å². The Morgan fingerprint density at radius 1 is 0.414 bits per heavy atom. The maximum atomic E-state index is 6.31. The van der Waals surface area contributed by atoms with Crippen LogP contribution in [0.25, 0.3) is 21.5 Å². The highest BCUT2D eigenvalue weighted by atomic mass is 16.5. The molecule has 0 fully saturated rings. The highest BCUT2D eigenvalue weighted by molar-refractivity contribution is 5.89. The van der Waals surface area contributed by atoms with E-state index in [1.807, 2.05) is 73.7 Å². The molecule has 140 valence electrons. The summed E-state index contributed by atoms with van der Waals surface area (Å²) in [6, 6.07) is 34.6. The number of hydrogen-bond donors (Lipinski definition) is 0. The summed E-state index contributed by atoms with van der Waals surface area (Å²) < 4.78 is 12.6. The Labute approximate surface area is 170 Å². The molecule has 0 aliphatic heterocycles. The van der Waals surface area contributed by atoms with Crippen molar-refractivity contribution in [3.8, 4) is 23.0 Å². The molecule has 0 amide bonds. The topological polar surface area (TPSA) is 18.5 Å². The minimum absolute atomic E-state index is 0.791. The molecular weight excluding hydrogens is 356 g/mol. The van der Waals surface area contributed by atoms with Crippen LogP contribution in [-0.2, 0) is 0 Å². The quantitative estimate of drug-likeness (QED) is 0.317. The number of rotatable bonds is 4. The summed E-state index contributed by atoms with van der Waals surface area (Å²) in [5.41, 5.74) is 0.966. The molecule has 0 atom stereocenters. The molecule has 0 bridgehead atoms. The molecule has 0 saturated carbocycles. The summed E-state index contributed by atoms with van der Waals surface area (Å²) in [4.78, 5) is 0. The minimum atomic E-state index is 0.791. The number of ether oxygens (including phenoxy) is 2. The summed E-state index contributed by atoms with van der Waals surface area (Å²) in [6.07, 6.45) is 0. The van der Waals surface area contributed by atoms with Gasteiger partial charge < -0.3 is 9.47 Å². The molecule has 5 aromatic rings. The van der Waals surface area contributed by atoms with Gasteiger partial charge in [0, 0.05) is 16.3 Å². The fraction of sp³-hybridized carbons (Fsp3) is 0.0370. The second-order valence-electron chi connectivity index (χ2n) is 7.04. The average molecular weight is 376 g/mol. The second-order valence-corrected chi connectivity index (χ2v) is 7.04. The van der Waals surface area contributed by atoms with E-state index in [1.54, 1.807) is 0 Å². The summed E-state index contributed by atoms with van der Waals surface area (Å²) in [5.74, 6) is 3.26. The van der Waals surface area contributed by atoms with Crippen molar-refractivity contribution in [2.75, 3.05) is 0 Å². The van der Waals surface area contributed by atoms with Crippen LogP contribution >= 0.6 is 0 Å². The standard InChI is InChI=1S/C27H20O2/c1-19-24(28-26-17-6-11-20-9-2-4-13-22(20)26)15-8-16-25(19)29-27-18-7-12-21-10-3-5-14-23(21)27/h2-18H,1H3. The van der Waals surface area contributed by atoms with Gasteiger partial charge in [-0.25, -0.2) is 0 Å². The van der Waals surface area contributed by atoms with E-state index in [-0.39, 0.29) is 0 Å². The third-order valence-electron chi connectivity index (χ3n) is 5.17. The summed E-state index contributed by atoms with van der Waals surface area (Å²) in [5, 5.41) is 4.50. The first-order valence-electron chi connectivity index (χ1n) is 9.70. The van der Waals surface area contributed by atoms with E-state index in [9.17, 15) is 0 Å². The van der Waals surface area contributed by atoms with E-state index >= 15 is 0 Å². The zero-order valence-electron chi connectivity index (χ0n) is 16.1. The Kier molecular flexibility index (Phi) is 4.38. The molecule has 2 nitrogen and oxygen atoms in total. The summed E-state index contributed by atoms with van der Waals surface area (Å²) in [6.45, 7) is 2.03. The Hall–Kier alpha value is -3.78. The Morgan fingerprint density at radius 2 is 0.793 bits per heavy atom. The van der Waals surface area contributed by atoms with Crippen LogP contribution in [0.15, 0.2) is 103 Å². The SMILES string of the molecule is Cc1c(Oc2cccc3ccccc23)cccc1Oc1cccc2ccccc12. The van der Waals surface area contributed by atoms with E-state index in [0.717, 1.165) is 50.1 Å². The monoisotopic (exact) mass is 376 g/mol. The molecule has 0 aliphatic rings. The van der Waals surface area contributed by atoms with Gasteiger partial charge in [-0.1, -0.05) is 78.9 Å². The summed E-state index contributed by atoms with van der Waals surface area (Å²) in [7, 11) is 0. The van der Waals surface area contributed by atoms with E-state index in [4.69, 9.17) is 9.47 Å². The predicted octanol–water partition coefficient (Wildman–Crippen LogP) is 7.89. The van der Waals surface area contributed by atoms with Crippen LogP contribution in [0.2, 0.25) is 0 Å². The van der Waals surface area contributed by atoms with Gasteiger partial charge in [-0.15, -0.1) is 0 Å². The van der Waals surface area contributed by atoms with Crippen LogP contribution in [0.4, 0.5) is 0 Å². The molecule has 29 heavy (non-hydrogen) atoms. The fourth-order valence-corrected chi connectivity index (χ4v) is 3.62.